The number of nitrogens with zero attached hydrogens (tertiary/aromatic N) is 3. The van der Waals surface area contributed by atoms with Crippen LogP contribution in [0.15, 0.2) is 22.8 Å². The zero-order valence-electron chi connectivity index (χ0n) is 14.6. The van der Waals surface area contributed by atoms with Crippen molar-refractivity contribution in [3.8, 4) is 0 Å². The molecule has 0 aromatic carbocycles. The van der Waals surface area contributed by atoms with E-state index in [0.717, 1.165) is 17.3 Å². The van der Waals surface area contributed by atoms with Crippen LogP contribution in [0.3, 0.4) is 0 Å². The largest absolute Gasteiger partial charge is 0.444 e. The van der Waals surface area contributed by atoms with Crippen molar-refractivity contribution in [3.05, 3.63) is 28.5 Å². The number of halogens is 1. The number of carbonyl (C=O) groups excluding carboxylic acids is 2. The van der Waals surface area contributed by atoms with Crippen molar-refractivity contribution in [3.63, 3.8) is 0 Å². The van der Waals surface area contributed by atoms with Gasteiger partial charge in [-0.05, 0) is 61.7 Å². The van der Waals surface area contributed by atoms with Crippen LogP contribution < -0.4 is 0 Å². The molecule has 2 amide bonds. The topological polar surface area (TPSA) is 62.7 Å². The maximum absolute atomic E-state index is 12.5. The lowest BCUT2D eigenvalue weighted by atomic mass is 10.0. The van der Waals surface area contributed by atoms with Crippen LogP contribution in [0, 0.1) is 0 Å². The molecule has 1 fully saturated rings. The van der Waals surface area contributed by atoms with Gasteiger partial charge in [0, 0.05) is 36.8 Å². The number of likely N-dealkylation sites (tertiary alicyclic amines) is 1. The fraction of sp³-hybridized carbons (Fsp3) is 0.588. The molecular formula is C17H24BrN3O3. The SMILES string of the molecule is CN(C(=O)c1ccc(Br)cn1)C1CCN(C(=O)OC(C)(C)C)CC1. The first-order valence-electron chi connectivity index (χ1n) is 8.04. The zero-order valence-corrected chi connectivity index (χ0v) is 16.2. The van der Waals surface area contributed by atoms with E-state index in [0.29, 0.717) is 18.8 Å². The van der Waals surface area contributed by atoms with E-state index < -0.39 is 5.60 Å². The summed E-state index contributed by atoms with van der Waals surface area (Å²) in [4.78, 5) is 32.2. The number of piperidine rings is 1. The maximum Gasteiger partial charge on any atom is 0.410 e. The average Bonchev–Trinajstić information content (AvgIpc) is 2.53. The standard InChI is InChI=1S/C17H24BrN3O3/c1-17(2,3)24-16(23)21-9-7-13(8-10-21)20(4)15(22)14-6-5-12(18)11-19-14/h5-6,11,13H,7-10H2,1-4H3. The lowest BCUT2D eigenvalue weighted by molar-refractivity contribution is 0.0159. The number of hydrogen-bond donors (Lipinski definition) is 0. The summed E-state index contributed by atoms with van der Waals surface area (Å²) in [5, 5.41) is 0. The first-order valence-corrected chi connectivity index (χ1v) is 8.83. The van der Waals surface area contributed by atoms with Crippen LogP contribution in [0.4, 0.5) is 4.79 Å². The Morgan fingerprint density at radius 3 is 2.42 bits per heavy atom. The Morgan fingerprint density at radius 2 is 1.92 bits per heavy atom. The molecule has 24 heavy (non-hydrogen) atoms. The van der Waals surface area contributed by atoms with Gasteiger partial charge in [0.2, 0.25) is 0 Å². The second kappa shape index (κ2) is 7.51. The van der Waals surface area contributed by atoms with Crippen molar-refractivity contribution < 1.29 is 14.3 Å². The molecule has 0 N–H and O–H groups in total. The second-order valence-corrected chi connectivity index (χ2v) is 7.89. The number of carbonyl (C=O) groups is 2. The molecule has 0 unspecified atom stereocenters. The van der Waals surface area contributed by atoms with Crippen LogP contribution in [0.25, 0.3) is 0 Å². The minimum atomic E-state index is -0.492. The van der Waals surface area contributed by atoms with Gasteiger partial charge in [-0.15, -0.1) is 0 Å². The summed E-state index contributed by atoms with van der Waals surface area (Å²) in [6.07, 6.45) is 2.80. The molecule has 0 aliphatic carbocycles. The zero-order chi connectivity index (χ0) is 17.9. The molecule has 7 heteroatoms. The Morgan fingerprint density at radius 1 is 1.29 bits per heavy atom. The van der Waals surface area contributed by atoms with E-state index in [4.69, 9.17) is 4.74 Å². The van der Waals surface area contributed by atoms with Gasteiger partial charge in [0.15, 0.2) is 0 Å². The maximum atomic E-state index is 12.5. The molecule has 0 saturated carbocycles. The molecule has 0 bridgehead atoms. The Balaban J connectivity index is 1.90. The lowest BCUT2D eigenvalue weighted by Gasteiger charge is -2.37. The summed E-state index contributed by atoms with van der Waals surface area (Å²) >= 11 is 3.31. The summed E-state index contributed by atoms with van der Waals surface area (Å²) in [5.74, 6) is -0.0989. The van der Waals surface area contributed by atoms with Gasteiger partial charge in [-0.1, -0.05) is 0 Å². The number of pyridine rings is 1. The molecule has 1 saturated heterocycles. The molecule has 1 aliphatic rings. The van der Waals surface area contributed by atoms with E-state index in [1.807, 2.05) is 20.8 Å². The number of rotatable bonds is 2. The summed E-state index contributed by atoms with van der Waals surface area (Å²) in [6, 6.07) is 3.61. The van der Waals surface area contributed by atoms with E-state index >= 15 is 0 Å². The number of hydrogen-bond acceptors (Lipinski definition) is 4. The van der Waals surface area contributed by atoms with Crippen LogP contribution in [0.2, 0.25) is 0 Å². The van der Waals surface area contributed by atoms with E-state index in [1.54, 1.807) is 35.2 Å². The van der Waals surface area contributed by atoms with Crippen LogP contribution in [-0.4, -0.2) is 58.6 Å². The molecule has 132 valence electrons. The normalized spacial score (nSPS) is 16.0. The van der Waals surface area contributed by atoms with Gasteiger partial charge in [0.05, 0.1) is 0 Å². The number of amides is 2. The van der Waals surface area contributed by atoms with E-state index in [9.17, 15) is 9.59 Å². The molecule has 1 aliphatic heterocycles. The molecule has 2 rings (SSSR count). The summed E-state index contributed by atoms with van der Waals surface area (Å²) < 4.78 is 6.23. The van der Waals surface area contributed by atoms with Crippen molar-refractivity contribution in [2.45, 2.75) is 45.3 Å². The van der Waals surface area contributed by atoms with Crippen LogP contribution >= 0.6 is 15.9 Å². The fourth-order valence-electron chi connectivity index (χ4n) is 2.61. The molecule has 0 spiro atoms. The van der Waals surface area contributed by atoms with E-state index in [1.165, 1.54) is 0 Å². The molecule has 0 radical (unpaired) electrons. The third-order valence-electron chi connectivity index (χ3n) is 3.93. The summed E-state index contributed by atoms with van der Waals surface area (Å²) in [6.45, 7) is 6.75. The Bertz CT molecular complexity index is 590. The first-order chi connectivity index (χ1) is 11.2. The number of aromatic nitrogens is 1. The van der Waals surface area contributed by atoms with Gasteiger partial charge in [0.25, 0.3) is 5.91 Å². The fourth-order valence-corrected chi connectivity index (χ4v) is 2.85. The van der Waals surface area contributed by atoms with Crippen LogP contribution in [0.5, 0.6) is 0 Å². The van der Waals surface area contributed by atoms with E-state index in [2.05, 4.69) is 20.9 Å². The van der Waals surface area contributed by atoms with Crippen LogP contribution in [-0.2, 0) is 4.74 Å². The van der Waals surface area contributed by atoms with Crippen molar-refractivity contribution in [2.75, 3.05) is 20.1 Å². The molecule has 6 nitrogen and oxygen atoms in total. The van der Waals surface area contributed by atoms with Gasteiger partial charge in [-0.25, -0.2) is 9.78 Å². The summed E-state index contributed by atoms with van der Waals surface area (Å²) in [5.41, 5.74) is -0.0659. The quantitative estimate of drug-likeness (QED) is 0.767. The second-order valence-electron chi connectivity index (χ2n) is 6.98. The Labute approximate surface area is 151 Å². The van der Waals surface area contributed by atoms with Gasteiger partial charge in [0.1, 0.15) is 11.3 Å². The summed E-state index contributed by atoms with van der Waals surface area (Å²) in [7, 11) is 1.79. The molecular weight excluding hydrogens is 374 g/mol. The Kier molecular flexibility index (Phi) is 5.85. The highest BCUT2D eigenvalue weighted by atomic mass is 79.9. The monoisotopic (exact) mass is 397 g/mol. The first kappa shape index (κ1) is 18.7. The smallest absolute Gasteiger partial charge is 0.410 e. The van der Waals surface area contributed by atoms with Crippen molar-refractivity contribution in [2.24, 2.45) is 0 Å². The van der Waals surface area contributed by atoms with Crippen molar-refractivity contribution in [1.29, 1.82) is 0 Å². The third-order valence-corrected chi connectivity index (χ3v) is 4.40. The van der Waals surface area contributed by atoms with E-state index in [-0.39, 0.29) is 18.0 Å². The lowest BCUT2D eigenvalue weighted by Crippen LogP contribution is -2.48. The molecule has 1 aromatic rings. The molecule has 0 atom stereocenters. The molecule has 1 aromatic heterocycles. The minimum absolute atomic E-state index is 0.0987. The predicted octanol–water partition coefficient (Wildman–Crippen LogP) is 3.32. The Hall–Kier alpha value is -1.63. The van der Waals surface area contributed by atoms with Gasteiger partial charge in [-0.2, -0.15) is 0 Å². The molecule has 2 heterocycles. The highest BCUT2D eigenvalue weighted by molar-refractivity contribution is 9.10. The van der Waals surface area contributed by atoms with Crippen molar-refractivity contribution >= 4 is 27.9 Å². The minimum Gasteiger partial charge on any atom is -0.444 e. The van der Waals surface area contributed by atoms with Gasteiger partial charge >= 0.3 is 6.09 Å². The average molecular weight is 398 g/mol. The van der Waals surface area contributed by atoms with Gasteiger partial charge in [-0.3, -0.25) is 4.79 Å². The highest BCUT2D eigenvalue weighted by Gasteiger charge is 2.30. The third kappa shape index (κ3) is 4.93. The van der Waals surface area contributed by atoms with Gasteiger partial charge < -0.3 is 14.5 Å². The van der Waals surface area contributed by atoms with Crippen LogP contribution in [0.1, 0.15) is 44.1 Å². The number of ether oxygens (including phenoxy) is 1. The predicted molar refractivity (Wildman–Crippen MR) is 94.9 cm³/mol. The van der Waals surface area contributed by atoms with Crippen molar-refractivity contribution in [1.82, 2.24) is 14.8 Å². The highest BCUT2D eigenvalue weighted by Crippen LogP contribution is 2.20.